The first kappa shape index (κ1) is 17.0. The molecule has 2 aromatic heterocycles. The molecule has 2 N–H and O–H groups in total. The quantitative estimate of drug-likeness (QED) is 0.873. The summed E-state index contributed by atoms with van der Waals surface area (Å²) in [5.41, 5.74) is 0.789. The van der Waals surface area contributed by atoms with Gasteiger partial charge in [-0.1, -0.05) is 5.16 Å². The Morgan fingerprint density at radius 2 is 2.12 bits per heavy atom. The van der Waals surface area contributed by atoms with Crippen LogP contribution in [0.1, 0.15) is 50.5 Å². The van der Waals surface area contributed by atoms with Gasteiger partial charge in [0.15, 0.2) is 0 Å². The minimum Gasteiger partial charge on any atom is -0.393 e. The monoisotopic (exact) mass is 357 g/mol. The van der Waals surface area contributed by atoms with Crippen LogP contribution in [-0.4, -0.2) is 49.9 Å². The highest BCUT2D eigenvalue weighted by atomic mass is 16.5. The van der Waals surface area contributed by atoms with Gasteiger partial charge in [0.1, 0.15) is 6.04 Å². The van der Waals surface area contributed by atoms with Gasteiger partial charge in [-0.15, -0.1) is 0 Å². The van der Waals surface area contributed by atoms with E-state index in [0.29, 0.717) is 18.3 Å². The predicted octanol–water partition coefficient (Wildman–Crippen LogP) is 2.28. The average molecular weight is 357 g/mol. The molecule has 3 heterocycles. The van der Waals surface area contributed by atoms with Gasteiger partial charge in [0, 0.05) is 30.5 Å². The highest BCUT2D eigenvalue weighted by Gasteiger charge is 2.35. The molecule has 8 heteroatoms. The number of urea groups is 1. The molecule has 2 aromatic rings. The van der Waals surface area contributed by atoms with Crippen LogP contribution < -0.4 is 5.32 Å². The van der Waals surface area contributed by atoms with Crippen molar-refractivity contribution in [2.24, 2.45) is 0 Å². The lowest BCUT2D eigenvalue weighted by atomic mass is 9.93. The minimum atomic E-state index is -0.230. The van der Waals surface area contributed by atoms with E-state index in [-0.39, 0.29) is 24.2 Å². The summed E-state index contributed by atoms with van der Waals surface area (Å²) in [4.78, 5) is 23.0. The first-order valence-electron chi connectivity index (χ1n) is 9.20. The van der Waals surface area contributed by atoms with Crippen molar-refractivity contribution >= 4 is 6.03 Å². The molecule has 138 valence electrons. The van der Waals surface area contributed by atoms with E-state index in [9.17, 15) is 9.90 Å². The number of nitrogens with zero attached hydrogens (tertiary/aromatic N) is 4. The predicted molar refractivity (Wildman–Crippen MR) is 93.0 cm³/mol. The summed E-state index contributed by atoms with van der Waals surface area (Å²) in [5, 5.41) is 16.7. The number of amides is 2. The Bertz CT molecular complexity index is 742. The van der Waals surface area contributed by atoms with E-state index in [1.165, 1.54) is 0 Å². The van der Waals surface area contributed by atoms with Crippen molar-refractivity contribution in [1.29, 1.82) is 0 Å². The first-order chi connectivity index (χ1) is 12.7. The number of pyridine rings is 1. The second-order valence-electron chi connectivity index (χ2n) is 7.00. The second-order valence-corrected chi connectivity index (χ2v) is 7.00. The summed E-state index contributed by atoms with van der Waals surface area (Å²) < 4.78 is 5.44. The van der Waals surface area contributed by atoms with Gasteiger partial charge in [-0.25, -0.2) is 4.79 Å². The molecule has 1 aliphatic carbocycles. The van der Waals surface area contributed by atoms with Crippen LogP contribution in [0.2, 0.25) is 0 Å². The highest BCUT2D eigenvalue weighted by molar-refractivity contribution is 5.75. The molecule has 2 fully saturated rings. The molecule has 8 nitrogen and oxygen atoms in total. The number of carbonyl (C=O) groups is 1. The molecule has 1 aliphatic heterocycles. The summed E-state index contributed by atoms with van der Waals surface area (Å²) in [6.07, 6.45) is 7.99. The van der Waals surface area contributed by atoms with Crippen molar-refractivity contribution in [1.82, 2.24) is 25.3 Å². The largest absolute Gasteiger partial charge is 0.393 e. The maximum absolute atomic E-state index is 12.7. The molecular weight excluding hydrogens is 334 g/mol. The third-order valence-electron chi connectivity index (χ3n) is 5.18. The molecule has 1 saturated heterocycles. The second kappa shape index (κ2) is 7.41. The summed E-state index contributed by atoms with van der Waals surface area (Å²) >= 11 is 0. The Morgan fingerprint density at radius 1 is 1.27 bits per heavy atom. The summed E-state index contributed by atoms with van der Waals surface area (Å²) in [6, 6.07) is 3.54. The molecule has 4 rings (SSSR count). The number of aliphatic hydroxyl groups is 1. The molecule has 0 aromatic carbocycles. The summed E-state index contributed by atoms with van der Waals surface area (Å²) in [5.74, 6) is 0.956. The van der Waals surface area contributed by atoms with E-state index < -0.39 is 0 Å². The summed E-state index contributed by atoms with van der Waals surface area (Å²) in [7, 11) is 0. The zero-order chi connectivity index (χ0) is 17.9. The van der Waals surface area contributed by atoms with Crippen molar-refractivity contribution in [2.75, 3.05) is 6.54 Å². The van der Waals surface area contributed by atoms with Gasteiger partial charge in [-0.05, 0) is 50.7 Å². The molecule has 0 bridgehead atoms. The third kappa shape index (κ3) is 3.55. The molecule has 0 unspecified atom stereocenters. The van der Waals surface area contributed by atoms with Gasteiger partial charge >= 0.3 is 6.03 Å². The standard InChI is InChI=1S/C18H23N5O3/c24-14-7-5-13(6-8-14)20-18(25)23-10-2-4-15(23)17-21-16(22-26-17)12-3-1-9-19-11-12/h1,3,9,11,13-15,24H,2,4-8,10H2,(H,20,25)/t13?,14?,15-/m0/s1. The minimum absolute atomic E-state index is 0.0879. The van der Waals surface area contributed by atoms with Crippen LogP contribution >= 0.6 is 0 Å². The molecule has 2 amide bonds. The van der Waals surface area contributed by atoms with Crippen molar-refractivity contribution in [3.8, 4) is 11.4 Å². The van der Waals surface area contributed by atoms with E-state index in [0.717, 1.165) is 44.1 Å². The molecule has 1 atom stereocenters. The Balaban J connectivity index is 1.43. The van der Waals surface area contributed by atoms with E-state index in [4.69, 9.17) is 4.52 Å². The number of likely N-dealkylation sites (tertiary alicyclic amines) is 1. The Labute approximate surface area is 151 Å². The molecule has 1 saturated carbocycles. The Kier molecular flexibility index (Phi) is 4.83. The molecule has 0 spiro atoms. The summed E-state index contributed by atoms with van der Waals surface area (Å²) in [6.45, 7) is 0.677. The van der Waals surface area contributed by atoms with E-state index in [1.54, 1.807) is 17.3 Å². The van der Waals surface area contributed by atoms with Crippen molar-refractivity contribution in [2.45, 2.75) is 56.7 Å². The molecule has 26 heavy (non-hydrogen) atoms. The lowest BCUT2D eigenvalue weighted by Crippen LogP contribution is -2.46. The van der Waals surface area contributed by atoms with Crippen LogP contribution in [0.4, 0.5) is 4.79 Å². The molecular formula is C18H23N5O3. The number of hydrogen-bond donors (Lipinski definition) is 2. The molecule has 2 aliphatic rings. The number of carbonyl (C=O) groups excluding carboxylic acids is 1. The topological polar surface area (TPSA) is 104 Å². The van der Waals surface area contributed by atoms with Crippen LogP contribution in [0.5, 0.6) is 0 Å². The Hall–Kier alpha value is -2.48. The van der Waals surface area contributed by atoms with Gasteiger partial charge in [-0.3, -0.25) is 4.98 Å². The Morgan fingerprint density at radius 3 is 2.88 bits per heavy atom. The number of hydrogen-bond acceptors (Lipinski definition) is 6. The van der Waals surface area contributed by atoms with Gasteiger partial charge in [0.05, 0.1) is 6.10 Å². The van der Waals surface area contributed by atoms with E-state index >= 15 is 0 Å². The van der Waals surface area contributed by atoms with Crippen LogP contribution in [0.25, 0.3) is 11.4 Å². The normalized spacial score (nSPS) is 26.0. The zero-order valence-corrected chi connectivity index (χ0v) is 14.5. The first-order valence-corrected chi connectivity index (χ1v) is 9.20. The smallest absolute Gasteiger partial charge is 0.318 e. The maximum atomic E-state index is 12.7. The van der Waals surface area contributed by atoms with Crippen molar-refractivity contribution in [3.05, 3.63) is 30.4 Å². The molecule has 0 radical (unpaired) electrons. The van der Waals surface area contributed by atoms with Gasteiger partial charge in [0.25, 0.3) is 0 Å². The fourth-order valence-electron chi connectivity index (χ4n) is 3.73. The van der Waals surface area contributed by atoms with Gasteiger partial charge < -0.3 is 19.8 Å². The number of aliphatic hydroxyl groups excluding tert-OH is 1. The lowest BCUT2D eigenvalue weighted by molar-refractivity contribution is 0.114. The van der Waals surface area contributed by atoms with Crippen LogP contribution in [0.15, 0.2) is 29.0 Å². The van der Waals surface area contributed by atoms with E-state index in [1.807, 2.05) is 12.1 Å². The van der Waals surface area contributed by atoms with Crippen molar-refractivity contribution in [3.63, 3.8) is 0 Å². The highest BCUT2D eigenvalue weighted by Crippen LogP contribution is 2.32. The van der Waals surface area contributed by atoms with E-state index in [2.05, 4.69) is 20.4 Å². The SMILES string of the molecule is O=C(NC1CCC(O)CC1)N1CCC[C@H]1c1nc(-c2cccnc2)no1. The number of aromatic nitrogens is 3. The fraction of sp³-hybridized carbons (Fsp3) is 0.556. The average Bonchev–Trinajstić information content (AvgIpc) is 3.33. The van der Waals surface area contributed by atoms with Crippen LogP contribution in [-0.2, 0) is 0 Å². The zero-order valence-electron chi connectivity index (χ0n) is 14.5. The maximum Gasteiger partial charge on any atom is 0.318 e. The lowest BCUT2D eigenvalue weighted by Gasteiger charge is -2.29. The van der Waals surface area contributed by atoms with Gasteiger partial charge in [0.2, 0.25) is 11.7 Å². The number of rotatable bonds is 3. The fourth-order valence-corrected chi connectivity index (χ4v) is 3.73. The number of nitrogens with one attached hydrogen (secondary N) is 1. The van der Waals surface area contributed by atoms with Gasteiger partial charge in [-0.2, -0.15) is 4.98 Å². The van der Waals surface area contributed by atoms with Crippen LogP contribution in [0, 0.1) is 0 Å². The van der Waals surface area contributed by atoms with Crippen molar-refractivity contribution < 1.29 is 14.4 Å². The van der Waals surface area contributed by atoms with Crippen LogP contribution in [0.3, 0.4) is 0 Å². The third-order valence-corrected chi connectivity index (χ3v) is 5.18.